The van der Waals surface area contributed by atoms with Crippen molar-refractivity contribution in [2.45, 2.75) is 18.9 Å². The number of anilines is 1. The summed E-state index contributed by atoms with van der Waals surface area (Å²) in [5, 5.41) is 0. The van der Waals surface area contributed by atoms with Gasteiger partial charge in [-0.1, -0.05) is 12.1 Å². The lowest BCUT2D eigenvalue weighted by atomic mass is 10.0. The summed E-state index contributed by atoms with van der Waals surface area (Å²) in [7, 11) is 1.70. The van der Waals surface area contributed by atoms with E-state index in [0.29, 0.717) is 0 Å². The highest BCUT2D eigenvalue weighted by molar-refractivity contribution is 5.59. The molecule has 82 valence electrons. The van der Waals surface area contributed by atoms with Gasteiger partial charge >= 0.3 is 0 Å². The van der Waals surface area contributed by atoms with Crippen LogP contribution in [0, 0.1) is 0 Å². The fourth-order valence-corrected chi connectivity index (χ4v) is 2.08. The minimum atomic E-state index is -0.0686. The van der Waals surface area contributed by atoms with Gasteiger partial charge < -0.3 is 15.4 Å². The highest BCUT2D eigenvalue weighted by Crippen LogP contribution is 2.32. The SMILES string of the molecule is COc1ccccc1N1CCC(C)(N)C1. The second kappa shape index (κ2) is 3.74. The van der Waals surface area contributed by atoms with Gasteiger partial charge in [-0.15, -0.1) is 0 Å². The Morgan fingerprint density at radius 1 is 1.40 bits per heavy atom. The number of ether oxygens (including phenoxy) is 1. The average molecular weight is 206 g/mol. The Morgan fingerprint density at radius 2 is 2.13 bits per heavy atom. The lowest BCUT2D eigenvalue weighted by molar-refractivity contribution is 0.414. The van der Waals surface area contributed by atoms with Gasteiger partial charge in [0, 0.05) is 18.6 Å². The maximum atomic E-state index is 6.11. The van der Waals surface area contributed by atoms with E-state index in [-0.39, 0.29) is 5.54 Å². The summed E-state index contributed by atoms with van der Waals surface area (Å²) in [6.45, 7) is 4.00. The summed E-state index contributed by atoms with van der Waals surface area (Å²) in [6, 6.07) is 8.09. The van der Waals surface area contributed by atoms with Gasteiger partial charge in [-0.25, -0.2) is 0 Å². The molecule has 0 spiro atoms. The Balaban J connectivity index is 2.23. The van der Waals surface area contributed by atoms with Crippen LogP contribution in [0.3, 0.4) is 0 Å². The second-order valence-electron chi connectivity index (χ2n) is 4.50. The van der Waals surface area contributed by atoms with Gasteiger partial charge in [-0.3, -0.25) is 0 Å². The number of nitrogens with zero attached hydrogens (tertiary/aromatic N) is 1. The van der Waals surface area contributed by atoms with Crippen molar-refractivity contribution in [1.82, 2.24) is 0 Å². The van der Waals surface area contributed by atoms with E-state index in [9.17, 15) is 0 Å². The van der Waals surface area contributed by atoms with Crippen LogP contribution in [0.4, 0.5) is 5.69 Å². The predicted molar refractivity (Wildman–Crippen MR) is 62.4 cm³/mol. The van der Waals surface area contributed by atoms with Crippen molar-refractivity contribution in [2.75, 3.05) is 25.1 Å². The highest BCUT2D eigenvalue weighted by atomic mass is 16.5. The fraction of sp³-hybridized carbons (Fsp3) is 0.500. The van der Waals surface area contributed by atoms with Gasteiger partial charge in [0.25, 0.3) is 0 Å². The molecule has 3 nitrogen and oxygen atoms in total. The van der Waals surface area contributed by atoms with Crippen molar-refractivity contribution < 1.29 is 4.74 Å². The minimum absolute atomic E-state index is 0.0686. The average Bonchev–Trinajstić information content (AvgIpc) is 2.59. The van der Waals surface area contributed by atoms with Crippen molar-refractivity contribution in [3.63, 3.8) is 0 Å². The third kappa shape index (κ3) is 2.07. The molecule has 1 unspecified atom stereocenters. The number of rotatable bonds is 2. The summed E-state index contributed by atoms with van der Waals surface area (Å²) in [4.78, 5) is 2.29. The van der Waals surface area contributed by atoms with Crippen LogP contribution in [0.2, 0.25) is 0 Å². The van der Waals surface area contributed by atoms with E-state index in [4.69, 9.17) is 10.5 Å². The monoisotopic (exact) mass is 206 g/mol. The van der Waals surface area contributed by atoms with Gasteiger partial charge in [0.15, 0.2) is 0 Å². The number of hydrogen-bond donors (Lipinski definition) is 1. The Bertz CT molecular complexity index is 349. The molecule has 1 atom stereocenters. The quantitative estimate of drug-likeness (QED) is 0.799. The molecule has 1 aliphatic heterocycles. The van der Waals surface area contributed by atoms with Gasteiger partial charge in [0.05, 0.1) is 12.8 Å². The third-order valence-electron chi connectivity index (χ3n) is 2.93. The van der Waals surface area contributed by atoms with E-state index >= 15 is 0 Å². The van der Waals surface area contributed by atoms with Crippen molar-refractivity contribution in [3.05, 3.63) is 24.3 Å². The Kier molecular flexibility index (Phi) is 2.57. The molecule has 0 aliphatic carbocycles. The Morgan fingerprint density at radius 3 is 2.73 bits per heavy atom. The van der Waals surface area contributed by atoms with Crippen LogP contribution in [-0.4, -0.2) is 25.7 Å². The molecule has 0 bridgehead atoms. The number of nitrogens with two attached hydrogens (primary N) is 1. The second-order valence-corrected chi connectivity index (χ2v) is 4.50. The molecule has 1 aromatic carbocycles. The Hall–Kier alpha value is -1.22. The summed E-state index contributed by atoms with van der Waals surface area (Å²) in [5.74, 6) is 0.926. The predicted octanol–water partition coefficient (Wildman–Crippen LogP) is 1.62. The third-order valence-corrected chi connectivity index (χ3v) is 2.93. The zero-order valence-corrected chi connectivity index (χ0v) is 9.36. The van der Waals surface area contributed by atoms with Gasteiger partial charge in [0.1, 0.15) is 5.75 Å². The van der Waals surface area contributed by atoms with Crippen LogP contribution >= 0.6 is 0 Å². The maximum Gasteiger partial charge on any atom is 0.142 e. The van der Waals surface area contributed by atoms with Crippen molar-refractivity contribution in [2.24, 2.45) is 5.73 Å². The summed E-state index contributed by atoms with van der Waals surface area (Å²) < 4.78 is 5.34. The molecule has 0 saturated carbocycles. The van der Waals surface area contributed by atoms with E-state index in [2.05, 4.69) is 17.9 Å². The van der Waals surface area contributed by atoms with Gasteiger partial charge in [-0.05, 0) is 25.5 Å². The molecule has 1 aromatic rings. The van der Waals surface area contributed by atoms with Crippen LogP contribution in [0.5, 0.6) is 5.75 Å². The van der Waals surface area contributed by atoms with Crippen LogP contribution in [-0.2, 0) is 0 Å². The molecule has 1 saturated heterocycles. The first-order chi connectivity index (χ1) is 7.12. The smallest absolute Gasteiger partial charge is 0.142 e. The van der Waals surface area contributed by atoms with E-state index in [1.807, 2.05) is 18.2 Å². The first-order valence-electron chi connectivity index (χ1n) is 5.29. The molecule has 1 fully saturated rings. The zero-order chi connectivity index (χ0) is 10.9. The molecule has 3 heteroatoms. The van der Waals surface area contributed by atoms with Gasteiger partial charge in [-0.2, -0.15) is 0 Å². The molecule has 2 N–H and O–H groups in total. The molecule has 0 radical (unpaired) electrons. The number of benzene rings is 1. The topological polar surface area (TPSA) is 38.5 Å². The highest BCUT2D eigenvalue weighted by Gasteiger charge is 2.30. The molecule has 0 amide bonds. The van der Waals surface area contributed by atoms with Crippen molar-refractivity contribution >= 4 is 5.69 Å². The summed E-state index contributed by atoms with van der Waals surface area (Å²) in [6.07, 6.45) is 1.03. The van der Waals surface area contributed by atoms with Crippen molar-refractivity contribution in [1.29, 1.82) is 0 Å². The van der Waals surface area contributed by atoms with E-state index in [1.165, 1.54) is 0 Å². The fourth-order valence-electron chi connectivity index (χ4n) is 2.08. The molecule has 1 heterocycles. The van der Waals surface area contributed by atoms with Gasteiger partial charge in [0.2, 0.25) is 0 Å². The number of para-hydroxylation sites is 2. The first kappa shape index (κ1) is 10.3. The molecule has 1 aliphatic rings. The normalized spacial score (nSPS) is 25.7. The summed E-state index contributed by atoms with van der Waals surface area (Å²) >= 11 is 0. The van der Waals surface area contributed by atoms with Crippen LogP contribution in [0.1, 0.15) is 13.3 Å². The molecule has 0 aromatic heterocycles. The largest absolute Gasteiger partial charge is 0.495 e. The number of methoxy groups -OCH3 is 1. The zero-order valence-electron chi connectivity index (χ0n) is 9.36. The van der Waals surface area contributed by atoms with Crippen LogP contribution < -0.4 is 15.4 Å². The standard InChI is InChI=1S/C12H18N2O/c1-12(13)7-8-14(9-12)10-5-3-4-6-11(10)15-2/h3-6H,7-9,13H2,1-2H3. The van der Waals surface area contributed by atoms with Crippen LogP contribution in [0.15, 0.2) is 24.3 Å². The molecular formula is C12H18N2O. The first-order valence-corrected chi connectivity index (χ1v) is 5.29. The Labute approximate surface area is 90.8 Å². The molecule has 15 heavy (non-hydrogen) atoms. The number of hydrogen-bond acceptors (Lipinski definition) is 3. The van der Waals surface area contributed by atoms with E-state index in [1.54, 1.807) is 7.11 Å². The van der Waals surface area contributed by atoms with Crippen LogP contribution in [0.25, 0.3) is 0 Å². The molecular weight excluding hydrogens is 188 g/mol. The van der Waals surface area contributed by atoms with E-state index in [0.717, 1.165) is 30.9 Å². The van der Waals surface area contributed by atoms with E-state index < -0.39 is 0 Å². The summed E-state index contributed by atoms with van der Waals surface area (Å²) in [5.41, 5.74) is 7.19. The minimum Gasteiger partial charge on any atom is -0.495 e. The van der Waals surface area contributed by atoms with Crippen molar-refractivity contribution in [3.8, 4) is 5.75 Å². The lowest BCUT2D eigenvalue weighted by Gasteiger charge is -2.23. The maximum absolute atomic E-state index is 6.11. The molecule has 2 rings (SSSR count). The lowest BCUT2D eigenvalue weighted by Crippen LogP contribution is -2.39.